The molecule has 112 valence electrons. The number of nitrogen functional groups attached to an aromatic ring is 1. The van der Waals surface area contributed by atoms with Crippen LogP contribution in [0.3, 0.4) is 0 Å². The summed E-state index contributed by atoms with van der Waals surface area (Å²) >= 11 is 0. The van der Waals surface area contributed by atoms with Crippen LogP contribution in [-0.4, -0.2) is 42.3 Å². The fraction of sp³-hybridized carbons (Fsp3) is 0.333. The number of fused-ring (bicyclic) bond motifs is 4. The van der Waals surface area contributed by atoms with Crippen LogP contribution in [0, 0.1) is 0 Å². The molecule has 7 nitrogen and oxygen atoms in total. The second-order valence-electron chi connectivity index (χ2n) is 5.75. The Kier molecular flexibility index (Phi) is 2.20. The number of hydrogen-bond acceptors (Lipinski definition) is 7. The van der Waals surface area contributed by atoms with Crippen molar-refractivity contribution < 1.29 is 9.15 Å². The molecule has 0 spiro atoms. The zero-order valence-corrected chi connectivity index (χ0v) is 12.0. The Bertz CT molecular complexity index is 906. The van der Waals surface area contributed by atoms with Gasteiger partial charge in [0.05, 0.1) is 18.5 Å². The number of furan rings is 1. The molecule has 3 N–H and O–H groups in total. The molecule has 0 bridgehead atoms. The van der Waals surface area contributed by atoms with Crippen molar-refractivity contribution in [3.05, 3.63) is 18.2 Å². The maximum Gasteiger partial charge on any atom is 0.222 e. The van der Waals surface area contributed by atoms with Gasteiger partial charge in [0.25, 0.3) is 0 Å². The number of benzene rings is 1. The van der Waals surface area contributed by atoms with Gasteiger partial charge in [-0.1, -0.05) is 6.07 Å². The van der Waals surface area contributed by atoms with E-state index in [2.05, 4.69) is 20.2 Å². The lowest BCUT2D eigenvalue weighted by molar-refractivity contribution is 0.212. The predicted molar refractivity (Wildman–Crippen MR) is 83.2 cm³/mol. The molecule has 0 saturated carbocycles. The first-order chi connectivity index (χ1) is 10.8. The lowest BCUT2D eigenvalue weighted by Crippen LogP contribution is -2.78. The van der Waals surface area contributed by atoms with Crippen LogP contribution >= 0.6 is 0 Å². The van der Waals surface area contributed by atoms with Crippen LogP contribution in [0.5, 0.6) is 5.75 Å². The molecular formula is C15H15N5O2. The Balaban J connectivity index is 1.80. The molecule has 5 rings (SSSR count). The quantitative estimate of drug-likeness (QED) is 0.732. The number of ether oxygens (including phenoxy) is 1. The first-order valence-electron chi connectivity index (χ1n) is 7.29. The minimum absolute atomic E-state index is 0.256. The Morgan fingerprint density at radius 3 is 3.00 bits per heavy atom. The Labute approximate surface area is 126 Å². The van der Waals surface area contributed by atoms with E-state index in [0.29, 0.717) is 23.2 Å². The van der Waals surface area contributed by atoms with E-state index in [1.165, 1.54) is 0 Å². The van der Waals surface area contributed by atoms with E-state index in [9.17, 15) is 0 Å². The van der Waals surface area contributed by atoms with Gasteiger partial charge in [0, 0.05) is 19.1 Å². The topological polar surface area (TPSA) is 89.4 Å². The largest absolute Gasteiger partial charge is 0.496 e. The number of nitrogens with zero attached hydrogens (tertiary/aromatic N) is 3. The molecule has 22 heavy (non-hydrogen) atoms. The summed E-state index contributed by atoms with van der Waals surface area (Å²) < 4.78 is 11.5. The maximum atomic E-state index is 6.02. The van der Waals surface area contributed by atoms with Crippen molar-refractivity contribution in [3.8, 4) is 5.75 Å². The molecule has 0 radical (unpaired) electrons. The Morgan fingerprint density at radius 1 is 1.41 bits per heavy atom. The van der Waals surface area contributed by atoms with Crippen LogP contribution in [0.1, 0.15) is 0 Å². The second-order valence-corrected chi connectivity index (χ2v) is 5.75. The van der Waals surface area contributed by atoms with Crippen molar-refractivity contribution >= 4 is 33.8 Å². The highest BCUT2D eigenvalue weighted by Gasteiger charge is 2.47. The van der Waals surface area contributed by atoms with Gasteiger partial charge in [-0.15, -0.1) is 0 Å². The number of nitrogens with two attached hydrogens (primary N) is 1. The zero-order chi connectivity index (χ0) is 14.8. The molecule has 2 aliphatic heterocycles. The average molecular weight is 297 g/mol. The minimum Gasteiger partial charge on any atom is -0.496 e. The van der Waals surface area contributed by atoms with E-state index in [0.717, 1.165) is 35.6 Å². The van der Waals surface area contributed by atoms with E-state index in [1.807, 2.05) is 18.2 Å². The van der Waals surface area contributed by atoms with E-state index in [1.54, 1.807) is 7.11 Å². The summed E-state index contributed by atoms with van der Waals surface area (Å²) in [4.78, 5) is 11.0. The molecule has 2 aromatic heterocycles. The van der Waals surface area contributed by atoms with Gasteiger partial charge in [-0.05, 0) is 12.1 Å². The summed E-state index contributed by atoms with van der Waals surface area (Å²) in [5.74, 6) is 1.77. The van der Waals surface area contributed by atoms with E-state index < -0.39 is 0 Å². The molecule has 2 aliphatic rings. The van der Waals surface area contributed by atoms with Crippen molar-refractivity contribution in [2.75, 3.05) is 30.8 Å². The summed E-state index contributed by atoms with van der Waals surface area (Å²) in [6.07, 6.45) is 0. The summed E-state index contributed by atoms with van der Waals surface area (Å²) in [5, 5.41) is 4.23. The Hall–Kier alpha value is -2.54. The fourth-order valence-corrected chi connectivity index (χ4v) is 3.38. The van der Waals surface area contributed by atoms with E-state index in [4.69, 9.17) is 14.9 Å². The standard InChI is InChI=1S/C15H15N5O2/c1-21-9-3-2-4-10-11(9)12-13(22-10)14(19-15(16)18-12)20-6-7-8(20)5-17-7/h2-4,7-8,17H,5-6H2,1H3,(H2,16,18,19)/t7-,8?/m0/s1. The average Bonchev–Trinajstić information content (AvgIpc) is 2.88. The molecular weight excluding hydrogens is 282 g/mol. The molecule has 1 unspecified atom stereocenters. The highest BCUT2D eigenvalue weighted by atomic mass is 16.5. The van der Waals surface area contributed by atoms with E-state index >= 15 is 0 Å². The molecule has 7 heteroatoms. The lowest BCUT2D eigenvalue weighted by atomic mass is 9.89. The molecule has 2 atom stereocenters. The number of piperazine rings is 1. The SMILES string of the molecule is COc1cccc2oc3c(N4C[C@@H]5NCC54)nc(N)nc3c12. The smallest absolute Gasteiger partial charge is 0.222 e. The van der Waals surface area contributed by atoms with Crippen LogP contribution < -0.4 is 20.7 Å². The molecule has 0 amide bonds. The number of nitrogens with one attached hydrogen (secondary N) is 1. The first kappa shape index (κ1) is 12.0. The van der Waals surface area contributed by atoms with Gasteiger partial charge in [0.1, 0.15) is 16.8 Å². The van der Waals surface area contributed by atoms with Crippen molar-refractivity contribution in [2.45, 2.75) is 12.1 Å². The number of methoxy groups -OCH3 is 1. The third-order valence-electron chi connectivity index (χ3n) is 4.64. The molecule has 2 saturated heterocycles. The summed E-state index contributed by atoms with van der Waals surface area (Å²) in [7, 11) is 1.64. The van der Waals surface area contributed by atoms with Gasteiger partial charge in [-0.25, -0.2) is 4.98 Å². The van der Waals surface area contributed by atoms with Crippen LogP contribution in [-0.2, 0) is 0 Å². The lowest BCUT2D eigenvalue weighted by Gasteiger charge is -2.56. The van der Waals surface area contributed by atoms with Gasteiger partial charge in [-0.2, -0.15) is 4.98 Å². The van der Waals surface area contributed by atoms with E-state index in [-0.39, 0.29) is 5.95 Å². The summed E-state index contributed by atoms with van der Waals surface area (Å²) in [5.41, 5.74) is 8.06. The van der Waals surface area contributed by atoms with Crippen molar-refractivity contribution in [1.29, 1.82) is 0 Å². The molecule has 1 aromatic carbocycles. The zero-order valence-electron chi connectivity index (χ0n) is 12.0. The third kappa shape index (κ3) is 1.38. The summed E-state index contributed by atoms with van der Waals surface area (Å²) in [6, 6.07) is 6.74. The summed E-state index contributed by atoms with van der Waals surface area (Å²) in [6.45, 7) is 1.89. The van der Waals surface area contributed by atoms with Gasteiger partial charge in [0.2, 0.25) is 5.95 Å². The van der Waals surface area contributed by atoms with Gasteiger partial charge in [0.15, 0.2) is 11.4 Å². The van der Waals surface area contributed by atoms with Gasteiger partial charge in [-0.3, -0.25) is 0 Å². The highest BCUT2D eigenvalue weighted by Crippen LogP contribution is 2.40. The van der Waals surface area contributed by atoms with Crippen LogP contribution in [0.25, 0.3) is 22.1 Å². The number of aromatic nitrogens is 2. The number of anilines is 2. The normalized spacial score (nSPS) is 23.2. The third-order valence-corrected chi connectivity index (χ3v) is 4.64. The monoisotopic (exact) mass is 297 g/mol. The molecule has 0 aliphatic carbocycles. The fourth-order valence-electron chi connectivity index (χ4n) is 3.38. The molecule has 2 fully saturated rings. The number of hydrogen-bond donors (Lipinski definition) is 2. The van der Waals surface area contributed by atoms with Gasteiger partial charge >= 0.3 is 0 Å². The first-order valence-corrected chi connectivity index (χ1v) is 7.29. The van der Waals surface area contributed by atoms with Crippen LogP contribution in [0.15, 0.2) is 22.6 Å². The highest BCUT2D eigenvalue weighted by molar-refractivity contribution is 6.09. The van der Waals surface area contributed by atoms with Crippen molar-refractivity contribution in [2.24, 2.45) is 0 Å². The van der Waals surface area contributed by atoms with Gasteiger partial charge < -0.3 is 25.1 Å². The Morgan fingerprint density at radius 2 is 2.32 bits per heavy atom. The van der Waals surface area contributed by atoms with Crippen molar-refractivity contribution in [3.63, 3.8) is 0 Å². The van der Waals surface area contributed by atoms with Crippen LogP contribution in [0.2, 0.25) is 0 Å². The predicted octanol–water partition coefficient (Wildman–Crippen LogP) is 1.13. The van der Waals surface area contributed by atoms with Crippen molar-refractivity contribution in [1.82, 2.24) is 15.3 Å². The second kappa shape index (κ2) is 4.01. The molecule has 4 heterocycles. The minimum atomic E-state index is 0.256. The number of rotatable bonds is 2. The maximum absolute atomic E-state index is 6.02. The molecule has 3 aromatic rings. The van der Waals surface area contributed by atoms with Crippen LogP contribution in [0.4, 0.5) is 11.8 Å².